The molecule has 0 bridgehead atoms. The summed E-state index contributed by atoms with van der Waals surface area (Å²) in [5.74, 6) is 1.08. The van der Waals surface area contributed by atoms with Gasteiger partial charge < -0.3 is 9.80 Å². The second kappa shape index (κ2) is 14.7. The molecule has 0 radical (unpaired) electrons. The highest BCUT2D eigenvalue weighted by atomic mass is 15.2. The molecule has 0 spiro atoms. The molecule has 2 aliphatic carbocycles. The minimum atomic E-state index is 0.473. The summed E-state index contributed by atoms with van der Waals surface area (Å²) in [4.78, 5) is 5.12. The van der Waals surface area contributed by atoms with E-state index in [1.54, 1.807) is 0 Å². The molecule has 0 amide bonds. The van der Waals surface area contributed by atoms with Gasteiger partial charge >= 0.3 is 0 Å². The number of hydrogen-bond acceptors (Lipinski definition) is 2. The smallest absolute Gasteiger partial charge is 0.0616 e. The number of allylic oxidation sites excluding steroid dienone is 1. The van der Waals surface area contributed by atoms with Crippen LogP contribution in [0.4, 0.5) is 34.1 Å². The van der Waals surface area contributed by atoms with Gasteiger partial charge in [-0.3, -0.25) is 0 Å². The minimum Gasteiger partial charge on any atom is -0.310 e. The molecule has 6 aromatic carbocycles. The van der Waals surface area contributed by atoms with Gasteiger partial charge in [0, 0.05) is 39.1 Å². The summed E-state index contributed by atoms with van der Waals surface area (Å²) in [5, 5.41) is 2.64. The van der Waals surface area contributed by atoms with Gasteiger partial charge in [0.25, 0.3) is 0 Å². The van der Waals surface area contributed by atoms with Gasteiger partial charge in [-0.2, -0.15) is 0 Å². The first-order valence-corrected chi connectivity index (χ1v) is 19.9. The molecule has 2 aliphatic rings. The fourth-order valence-corrected chi connectivity index (χ4v) is 8.71. The molecule has 1 fully saturated rings. The van der Waals surface area contributed by atoms with Crippen LogP contribution in [0.3, 0.4) is 0 Å². The Bertz CT molecular complexity index is 2160. The third-order valence-corrected chi connectivity index (χ3v) is 11.8. The van der Waals surface area contributed by atoms with Crippen molar-refractivity contribution in [1.82, 2.24) is 0 Å². The molecule has 2 heteroatoms. The molecule has 1 saturated carbocycles. The minimum absolute atomic E-state index is 0.473. The zero-order chi connectivity index (χ0) is 36.6. The van der Waals surface area contributed by atoms with E-state index < -0.39 is 0 Å². The summed E-state index contributed by atoms with van der Waals surface area (Å²) in [6, 6.07) is 44.1. The van der Waals surface area contributed by atoms with Crippen LogP contribution in [-0.2, 0) is 6.42 Å². The summed E-state index contributed by atoms with van der Waals surface area (Å²) < 4.78 is 0. The molecule has 0 unspecified atom stereocenters. The van der Waals surface area contributed by atoms with Gasteiger partial charge in [0.05, 0.1) is 11.4 Å². The highest BCUT2D eigenvalue weighted by Gasteiger charge is 2.31. The van der Waals surface area contributed by atoms with Crippen molar-refractivity contribution >= 4 is 51.0 Å². The average molecular weight is 695 g/mol. The molecule has 0 atom stereocenters. The summed E-state index contributed by atoms with van der Waals surface area (Å²) in [5.41, 5.74) is 18.3. The molecule has 0 N–H and O–H groups in total. The number of aryl methyl sites for hydroxylation is 4. The number of fused-ring (bicyclic) bond motifs is 2. The van der Waals surface area contributed by atoms with Crippen LogP contribution in [0.2, 0.25) is 0 Å². The predicted molar refractivity (Wildman–Crippen MR) is 229 cm³/mol. The number of rotatable bonds is 8. The molecule has 0 aromatic heterocycles. The number of anilines is 6. The molecule has 2 nitrogen and oxygen atoms in total. The molecule has 6 aromatic rings. The maximum atomic E-state index is 2.60. The van der Waals surface area contributed by atoms with Gasteiger partial charge in [0.15, 0.2) is 0 Å². The van der Waals surface area contributed by atoms with E-state index in [2.05, 4.69) is 173 Å². The largest absolute Gasteiger partial charge is 0.310 e. The van der Waals surface area contributed by atoms with Crippen molar-refractivity contribution in [2.24, 2.45) is 5.92 Å². The van der Waals surface area contributed by atoms with Crippen molar-refractivity contribution in [1.29, 1.82) is 0 Å². The van der Waals surface area contributed by atoms with Crippen LogP contribution < -0.4 is 9.80 Å². The zero-order valence-electron chi connectivity index (χ0n) is 32.5. The van der Waals surface area contributed by atoms with Crippen molar-refractivity contribution in [3.63, 3.8) is 0 Å². The lowest BCUT2D eigenvalue weighted by atomic mass is 9.80. The summed E-state index contributed by atoms with van der Waals surface area (Å²) in [6.45, 7) is 13.5. The van der Waals surface area contributed by atoms with E-state index in [0.717, 1.165) is 12.8 Å². The fourth-order valence-electron chi connectivity index (χ4n) is 8.71. The molecule has 0 saturated heterocycles. The number of hydrogen-bond donors (Lipinski definition) is 0. The topological polar surface area (TPSA) is 6.48 Å². The lowest BCUT2D eigenvalue weighted by molar-refractivity contribution is 0.444. The lowest BCUT2D eigenvalue weighted by Crippen LogP contribution is -2.19. The summed E-state index contributed by atoms with van der Waals surface area (Å²) >= 11 is 0. The van der Waals surface area contributed by atoms with Crippen LogP contribution in [0, 0.1) is 33.6 Å². The normalized spacial score (nSPS) is 14.7. The van der Waals surface area contributed by atoms with E-state index >= 15 is 0 Å². The SMILES string of the molecule is Cc1ccc(N(c2ccc(C)cc2)c2c3c(c(N(c4ccc(C)cc4)c4ccc(C)cc4)c4cc(C5CCCCC5)ccc24)CCC(C(C)C)=C3)cc1. The summed E-state index contributed by atoms with van der Waals surface area (Å²) in [6.07, 6.45) is 11.2. The Morgan fingerprint density at radius 2 is 0.943 bits per heavy atom. The Labute approximate surface area is 317 Å². The highest BCUT2D eigenvalue weighted by Crippen LogP contribution is 2.53. The van der Waals surface area contributed by atoms with Gasteiger partial charge in [-0.15, -0.1) is 0 Å². The third-order valence-electron chi connectivity index (χ3n) is 11.8. The van der Waals surface area contributed by atoms with Crippen LogP contribution in [0.1, 0.15) is 97.2 Å². The maximum absolute atomic E-state index is 2.60. The molecule has 0 aliphatic heterocycles. The Morgan fingerprint density at radius 1 is 0.491 bits per heavy atom. The van der Waals surface area contributed by atoms with Crippen LogP contribution >= 0.6 is 0 Å². The van der Waals surface area contributed by atoms with Crippen molar-refractivity contribution in [2.45, 2.75) is 92.4 Å². The van der Waals surface area contributed by atoms with E-state index in [0.29, 0.717) is 11.8 Å². The molecule has 0 heterocycles. The van der Waals surface area contributed by atoms with Gasteiger partial charge in [0.1, 0.15) is 0 Å². The first-order valence-electron chi connectivity index (χ1n) is 19.9. The zero-order valence-corrected chi connectivity index (χ0v) is 32.5. The van der Waals surface area contributed by atoms with E-state index in [9.17, 15) is 0 Å². The third kappa shape index (κ3) is 6.93. The monoisotopic (exact) mass is 694 g/mol. The van der Waals surface area contributed by atoms with Crippen molar-refractivity contribution in [2.75, 3.05) is 9.80 Å². The van der Waals surface area contributed by atoms with Gasteiger partial charge in [-0.25, -0.2) is 0 Å². The van der Waals surface area contributed by atoms with Gasteiger partial charge in [-0.1, -0.05) is 128 Å². The molecule has 53 heavy (non-hydrogen) atoms. The van der Waals surface area contributed by atoms with Crippen LogP contribution in [0.5, 0.6) is 0 Å². The van der Waals surface area contributed by atoms with E-state index in [1.807, 2.05) is 0 Å². The van der Waals surface area contributed by atoms with Gasteiger partial charge in [-0.05, 0) is 131 Å². The van der Waals surface area contributed by atoms with Crippen LogP contribution in [0.15, 0.2) is 121 Å². The van der Waals surface area contributed by atoms with E-state index in [4.69, 9.17) is 0 Å². The maximum Gasteiger partial charge on any atom is 0.0616 e. The highest BCUT2D eigenvalue weighted by molar-refractivity contribution is 6.12. The van der Waals surface area contributed by atoms with Crippen molar-refractivity contribution in [3.8, 4) is 0 Å². The fraction of sp³-hybridized carbons (Fsp3) is 0.294. The quantitative estimate of drug-likeness (QED) is 0.146. The Morgan fingerprint density at radius 3 is 1.40 bits per heavy atom. The second-order valence-corrected chi connectivity index (χ2v) is 16.1. The standard InChI is InChI=1S/C51H54N2/c1-34(2)40-20-30-46-48(32-40)50(52(42-22-12-35(3)13-23-42)43-24-14-36(4)15-25-43)47-31-21-41(39-10-8-7-9-11-39)33-49(47)51(46)53(44-26-16-37(5)17-27-44)45-28-18-38(6)19-29-45/h12-19,21-29,31-34,39H,7-11,20,30H2,1-6H3. The van der Waals surface area contributed by atoms with Gasteiger partial charge in [0.2, 0.25) is 0 Å². The Balaban J connectivity index is 1.52. The lowest BCUT2D eigenvalue weighted by Gasteiger charge is -2.37. The summed E-state index contributed by atoms with van der Waals surface area (Å²) in [7, 11) is 0. The Kier molecular flexibility index (Phi) is 9.73. The van der Waals surface area contributed by atoms with Crippen molar-refractivity contribution in [3.05, 3.63) is 160 Å². The second-order valence-electron chi connectivity index (χ2n) is 16.1. The average Bonchev–Trinajstić information content (AvgIpc) is 3.18. The van der Waals surface area contributed by atoms with E-state index in [-0.39, 0.29) is 0 Å². The molecule has 268 valence electrons. The first-order chi connectivity index (χ1) is 25.7. The Hall–Kier alpha value is -5.08. The number of benzene rings is 6. The number of nitrogens with zero attached hydrogens (tertiary/aromatic N) is 2. The van der Waals surface area contributed by atoms with Crippen LogP contribution in [-0.4, -0.2) is 0 Å². The van der Waals surface area contributed by atoms with E-state index in [1.165, 1.54) is 122 Å². The molecular weight excluding hydrogens is 641 g/mol. The predicted octanol–water partition coefficient (Wildman–Crippen LogP) is 15.0. The van der Waals surface area contributed by atoms with Crippen molar-refractivity contribution < 1.29 is 0 Å². The molecular formula is C51H54N2. The molecule has 8 rings (SSSR count). The van der Waals surface area contributed by atoms with Crippen LogP contribution in [0.25, 0.3) is 16.8 Å². The first kappa shape index (κ1) is 35.0.